The Labute approximate surface area is 206 Å². The number of fused-ring (bicyclic) bond motifs is 3. The average Bonchev–Trinajstić information content (AvgIpc) is 3.47. The fourth-order valence-electron chi connectivity index (χ4n) is 5.35. The highest BCUT2D eigenvalue weighted by atomic mass is 16.3. The van der Waals surface area contributed by atoms with Crippen LogP contribution in [0.5, 0.6) is 0 Å². The number of nitrogens with one attached hydrogen (secondary N) is 2. The molecule has 1 amide bonds. The molecule has 0 saturated heterocycles. The molecule has 3 aromatic rings. The predicted molar refractivity (Wildman–Crippen MR) is 137 cm³/mol. The molecule has 0 bridgehead atoms. The molecule has 0 spiro atoms. The lowest BCUT2D eigenvalue weighted by molar-refractivity contribution is -0.120. The third-order valence-corrected chi connectivity index (χ3v) is 7.62. The van der Waals surface area contributed by atoms with Crippen LogP contribution in [0.15, 0.2) is 30.6 Å². The van der Waals surface area contributed by atoms with Gasteiger partial charge in [-0.3, -0.25) is 4.79 Å². The van der Waals surface area contributed by atoms with Gasteiger partial charge in [-0.2, -0.15) is 5.26 Å². The van der Waals surface area contributed by atoms with Crippen molar-refractivity contribution in [3.63, 3.8) is 0 Å². The summed E-state index contributed by atoms with van der Waals surface area (Å²) in [4.78, 5) is 25.5. The number of aliphatic hydroxyl groups is 1. The Kier molecular flexibility index (Phi) is 7.56. The molecule has 1 aliphatic rings. The second kappa shape index (κ2) is 10.6. The summed E-state index contributed by atoms with van der Waals surface area (Å²) in [7, 11) is 0. The summed E-state index contributed by atoms with van der Waals surface area (Å²) in [5.74, 6) is 1.07. The first-order valence-electron chi connectivity index (χ1n) is 12.7. The van der Waals surface area contributed by atoms with Gasteiger partial charge >= 0.3 is 0 Å². The van der Waals surface area contributed by atoms with Crippen LogP contribution in [-0.2, 0) is 11.2 Å². The van der Waals surface area contributed by atoms with Crippen LogP contribution >= 0.6 is 0 Å². The van der Waals surface area contributed by atoms with E-state index in [0.29, 0.717) is 38.1 Å². The quantitative estimate of drug-likeness (QED) is 0.366. The van der Waals surface area contributed by atoms with Crippen LogP contribution in [0.2, 0.25) is 0 Å². The van der Waals surface area contributed by atoms with E-state index < -0.39 is 5.60 Å². The number of carbonyl (C=O) groups is 1. The van der Waals surface area contributed by atoms with E-state index in [1.54, 1.807) is 6.20 Å². The molecule has 0 atom stereocenters. The molecule has 186 valence electrons. The van der Waals surface area contributed by atoms with Crippen LogP contribution in [0.3, 0.4) is 0 Å². The van der Waals surface area contributed by atoms with E-state index in [-0.39, 0.29) is 18.4 Å². The predicted octanol–water partition coefficient (Wildman–Crippen LogP) is 4.71. The van der Waals surface area contributed by atoms with Gasteiger partial charge in [-0.1, -0.05) is 26.0 Å². The number of hydrogen-bond acceptors (Lipinski definition) is 5. The number of aromatic nitrogens is 4. The zero-order chi connectivity index (χ0) is 25.0. The first-order chi connectivity index (χ1) is 16.9. The zero-order valence-electron chi connectivity index (χ0n) is 20.8. The van der Waals surface area contributed by atoms with Crippen LogP contribution in [0, 0.1) is 17.2 Å². The van der Waals surface area contributed by atoms with Gasteiger partial charge < -0.3 is 20.0 Å². The molecule has 0 radical (unpaired) electrons. The summed E-state index contributed by atoms with van der Waals surface area (Å²) in [5.41, 5.74) is 2.66. The van der Waals surface area contributed by atoms with Gasteiger partial charge in [0.2, 0.25) is 5.91 Å². The molecule has 0 aliphatic heterocycles. The van der Waals surface area contributed by atoms with Gasteiger partial charge in [-0.25, -0.2) is 9.97 Å². The molecule has 1 saturated carbocycles. The Morgan fingerprint density at radius 1 is 1.34 bits per heavy atom. The van der Waals surface area contributed by atoms with E-state index in [4.69, 9.17) is 10.2 Å². The minimum atomic E-state index is -0.769. The van der Waals surface area contributed by atoms with Crippen molar-refractivity contribution in [1.29, 1.82) is 5.26 Å². The van der Waals surface area contributed by atoms with Gasteiger partial charge in [0.1, 0.15) is 17.0 Å². The Morgan fingerprint density at radius 2 is 2.09 bits per heavy atom. The topological polar surface area (TPSA) is 120 Å². The molecule has 3 heterocycles. The fourth-order valence-corrected chi connectivity index (χ4v) is 5.35. The van der Waals surface area contributed by atoms with Crippen molar-refractivity contribution in [2.45, 2.75) is 83.3 Å². The first-order valence-corrected chi connectivity index (χ1v) is 12.7. The van der Waals surface area contributed by atoms with E-state index in [2.05, 4.69) is 32.5 Å². The van der Waals surface area contributed by atoms with Crippen LogP contribution in [0.1, 0.15) is 77.1 Å². The lowest BCUT2D eigenvalue weighted by atomic mass is 9.84. The number of H-pyrrole nitrogens is 1. The second-order valence-corrected chi connectivity index (χ2v) is 9.98. The SMILES string of the molecule is C=C(CNC(=O)Cc1nc2cnc3[nH]ccc3c2n1C1CCC(CC#N)CC1)CC(O)(CC)CC. The molecular weight excluding hydrogens is 440 g/mol. The number of nitrogens with zero attached hydrogens (tertiary/aromatic N) is 4. The van der Waals surface area contributed by atoms with Crippen molar-refractivity contribution in [2.75, 3.05) is 6.54 Å². The van der Waals surface area contributed by atoms with Crippen LogP contribution in [0.4, 0.5) is 0 Å². The summed E-state index contributed by atoms with van der Waals surface area (Å²) in [6.07, 6.45) is 10.1. The molecule has 1 fully saturated rings. The highest BCUT2D eigenvalue weighted by Gasteiger charge is 2.28. The Hall–Kier alpha value is -3.18. The van der Waals surface area contributed by atoms with E-state index >= 15 is 0 Å². The standard InChI is InChI=1S/C27H36N6O2/c1-4-27(35,5-2)15-18(3)16-30-24(34)14-23-32-22-17-31-26-21(11-13-29-26)25(22)33(23)20-8-6-19(7-9-20)10-12-28/h11,13,17,19-20,35H,3-10,14-16H2,1-2H3,(H,29,31)(H,30,34). The zero-order valence-corrected chi connectivity index (χ0v) is 20.8. The number of aromatic amines is 1. The van der Waals surface area contributed by atoms with Crippen LogP contribution in [0.25, 0.3) is 22.1 Å². The van der Waals surface area contributed by atoms with Crippen LogP contribution in [-0.4, -0.2) is 42.7 Å². The third kappa shape index (κ3) is 5.40. The lowest BCUT2D eigenvalue weighted by Gasteiger charge is -2.30. The van der Waals surface area contributed by atoms with E-state index in [1.807, 2.05) is 26.1 Å². The summed E-state index contributed by atoms with van der Waals surface area (Å²) in [6.45, 7) is 8.32. The molecule has 3 aromatic heterocycles. The van der Waals surface area contributed by atoms with Gasteiger partial charge in [0.05, 0.1) is 29.8 Å². The van der Waals surface area contributed by atoms with Gasteiger partial charge in [-0.05, 0) is 56.9 Å². The van der Waals surface area contributed by atoms with Gasteiger partial charge in [0.15, 0.2) is 0 Å². The maximum absolute atomic E-state index is 13.0. The molecule has 35 heavy (non-hydrogen) atoms. The summed E-state index contributed by atoms with van der Waals surface area (Å²) in [5, 5.41) is 23.6. The third-order valence-electron chi connectivity index (χ3n) is 7.62. The van der Waals surface area contributed by atoms with Gasteiger partial charge in [0, 0.05) is 30.6 Å². The molecular formula is C27H36N6O2. The molecule has 8 heteroatoms. The number of rotatable bonds is 10. The number of carbonyl (C=O) groups excluding carboxylic acids is 1. The smallest absolute Gasteiger partial charge is 0.227 e. The van der Waals surface area contributed by atoms with E-state index in [0.717, 1.165) is 59.1 Å². The molecule has 1 aliphatic carbocycles. The molecule has 8 nitrogen and oxygen atoms in total. The number of pyridine rings is 1. The maximum atomic E-state index is 13.0. The highest BCUT2D eigenvalue weighted by molar-refractivity contribution is 6.01. The number of amides is 1. The number of imidazole rings is 1. The van der Waals surface area contributed by atoms with Crippen LogP contribution < -0.4 is 5.32 Å². The van der Waals surface area contributed by atoms with Gasteiger partial charge in [-0.15, -0.1) is 0 Å². The van der Waals surface area contributed by atoms with Crippen molar-refractivity contribution < 1.29 is 9.90 Å². The molecule has 0 aromatic carbocycles. The Balaban J connectivity index is 1.54. The summed E-state index contributed by atoms with van der Waals surface area (Å²) < 4.78 is 2.25. The largest absolute Gasteiger partial charge is 0.390 e. The second-order valence-electron chi connectivity index (χ2n) is 9.98. The van der Waals surface area contributed by atoms with E-state index in [1.165, 1.54) is 0 Å². The lowest BCUT2D eigenvalue weighted by Crippen LogP contribution is -2.32. The molecule has 4 rings (SSSR count). The van der Waals surface area contributed by atoms with Crippen molar-refractivity contribution >= 4 is 28.0 Å². The highest BCUT2D eigenvalue weighted by Crippen LogP contribution is 2.38. The monoisotopic (exact) mass is 476 g/mol. The minimum Gasteiger partial charge on any atom is -0.390 e. The number of hydrogen-bond donors (Lipinski definition) is 3. The van der Waals surface area contributed by atoms with Crippen molar-refractivity contribution in [2.24, 2.45) is 5.92 Å². The molecule has 0 unspecified atom stereocenters. The average molecular weight is 477 g/mol. The Morgan fingerprint density at radius 3 is 2.77 bits per heavy atom. The maximum Gasteiger partial charge on any atom is 0.227 e. The molecule has 3 N–H and O–H groups in total. The summed E-state index contributed by atoms with van der Waals surface area (Å²) >= 11 is 0. The first kappa shape index (κ1) is 24.9. The van der Waals surface area contributed by atoms with Gasteiger partial charge in [0.25, 0.3) is 0 Å². The van der Waals surface area contributed by atoms with E-state index in [9.17, 15) is 9.90 Å². The number of nitriles is 1. The summed E-state index contributed by atoms with van der Waals surface area (Å²) in [6, 6.07) is 4.56. The van der Waals surface area contributed by atoms with Crippen molar-refractivity contribution in [1.82, 2.24) is 24.8 Å². The minimum absolute atomic E-state index is 0.115. The fraction of sp³-hybridized carbons (Fsp3) is 0.556. The van der Waals surface area contributed by atoms with Crippen molar-refractivity contribution in [3.8, 4) is 6.07 Å². The van der Waals surface area contributed by atoms with Crippen molar-refractivity contribution in [3.05, 3.63) is 36.4 Å². The normalized spacial score (nSPS) is 18.6. The Bertz CT molecular complexity index is 1240.